The van der Waals surface area contributed by atoms with Crippen LogP contribution in [0.2, 0.25) is 0 Å². The van der Waals surface area contributed by atoms with Crippen LogP contribution in [0.25, 0.3) is 0 Å². The predicted octanol–water partition coefficient (Wildman–Crippen LogP) is 1.69. The van der Waals surface area contributed by atoms with Gasteiger partial charge in [0.05, 0.1) is 13.7 Å². The summed E-state index contributed by atoms with van der Waals surface area (Å²) in [5, 5.41) is 3.26. The molecule has 1 aromatic heterocycles. The highest BCUT2D eigenvalue weighted by Crippen LogP contribution is 2.28. The Hall–Kier alpha value is -1.62. The first-order valence-corrected chi connectivity index (χ1v) is 6.64. The first-order chi connectivity index (χ1) is 9.24. The first kappa shape index (κ1) is 13.8. The summed E-state index contributed by atoms with van der Waals surface area (Å²) in [6, 6.07) is 3.15. The monoisotopic (exact) mass is 264 g/mol. The lowest BCUT2D eigenvalue weighted by molar-refractivity contribution is -0.145. The number of ether oxygens (including phenoxy) is 2. The molecule has 0 radical (unpaired) electrons. The third kappa shape index (κ3) is 3.92. The normalized spacial score (nSPS) is 15.9. The number of nitrogens with zero attached hydrogens (tertiary/aromatic N) is 1. The highest BCUT2D eigenvalue weighted by Gasteiger charge is 2.27. The minimum absolute atomic E-state index is 0.255. The van der Waals surface area contributed by atoms with Gasteiger partial charge in [-0.15, -0.1) is 0 Å². The molecule has 1 saturated carbocycles. The van der Waals surface area contributed by atoms with Crippen LogP contribution in [0, 0.1) is 5.92 Å². The predicted molar refractivity (Wildman–Crippen MR) is 70.9 cm³/mol. The molecule has 0 bridgehead atoms. The van der Waals surface area contributed by atoms with Gasteiger partial charge in [0.15, 0.2) is 0 Å². The van der Waals surface area contributed by atoms with Crippen molar-refractivity contribution in [2.45, 2.75) is 25.8 Å². The van der Waals surface area contributed by atoms with E-state index in [9.17, 15) is 4.79 Å². The Labute approximate surface area is 113 Å². The number of hydrogen-bond acceptors (Lipinski definition) is 5. The molecule has 1 fully saturated rings. The van der Waals surface area contributed by atoms with E-state index in [2.05, 4.69) is 10.3 Å². The Morgan fingerprint density at radius 3 is 2.84 bits per heavy atom. The maximum atomic E-state index is 12.0. The van der Waals surface area contributed by atoms with Crippen molar-refractivity contribution in [1.29, 1.82) is 0 Å². The van der Waals surface area contributed by atoms with Crippen LogP contribution in [0.5, 0.6) is 5.88 Å². The summed E-state index contributed by atoms with van der Waals surface area (Å²) in [7, 11) is 1.57. The Kier molecular flexibility index (Phi) is 4.74. The topological polar surface area (TPSA) is 60.5 Å². The molecule has 2 rings (SSSR count). The van der Waals surface area contributed by atoms with Gasteiger partial charge < -0.3 is 14.8 Å². The number of carbonyl (C=O) groups is 1. The zero-order valence-electron chi connectivity index (χ0n) is 11.4. The molecule has 0 amide bonds. The third-order valence-corrected chi connectivity index (χ3v) is 3.13. The summed E-state index contributed by atoms with van der Waals surface area (Å²) >= 11 is 0. The molecule has 1 aliphatic carbocycles. The third-order valence-electron chi connectivity index (χ3n) is 3.13. The summed E-state index contributed by atoms with van der Waals surface area (Å²) in [5.41, 5.74) is 0.805. The van der Waals surface area contributed by atoms with Gasteiger partial charge in [0.2, 0.25) is 5.88 Å². The molecular weight excluding hydrogens is 244 g/mol. The molecule has 1 aromatic rings. The zero-order chi connectivity index (χ0) is 13.7. The van der Waals surface area contributed by atoms with Crippen LogP contribution in [0.1, 0.15) is 31.4 Å². The SMILES string of the molecule is CCOC(=O)C(NCC1CC1)c1ccc(OC)nc1. The molecule has 19 heavy (non-hydrogen) atoms. The second-order valence-electron chi connectivity index (χ2n) is 4.67. The summed E-state index contributed by atoms with van der Waals surface area (Å²) in [5.74, 6) is 0.979. The van der Waals surface area contributed by atoms with Crippen LogP contribution in [0.4, 0.5) is 0 Å². The van der Waals surface area contributed by atoms with Crippen molar-refractivity contribution >= 4 is 5.97 Å². The molecule has 0 saturated heterocycles. The fourth-order valence-corrected chi connectivity index (χ4v) is 1.85. The van der Waals surface area contributed by atoms with E-state index in [-0.39, 0.29) is 5.97 Å². The first-order valence-electron chi connectivity index (χ1n) is 6.64. The fourth-order valence-electron chi connectivity index (χ4n) is 1.85. The van der Waals surface area contributed by atoms with Gasteiger partial charge in [-0.05, 0) is 43.9 Å². The Bertz CT molecular complexity index is 415. The number of carbonyl (C=O) groups excluding carboxylic acids is 1. The number of aromatic nitrogens is 1. The molecule has 1 N–H and O–H groups in total. The molecule has 1 unspecified atom stereocenters. The molecular formula is C14H20N2O3. The number of nitrogens with one attached hydrogen (secondary N) is 1. The van der Waals surface area contributed by atoms with Crippen LogP contribution in [0.15, 0.2) is 18.3 Å². The quantitative estimate of drug-likeness (QED) is 0.759. The smallest absolute Gasteiger partial charge is 0.327 e. The fraction of sp³-hybridized carbons (Fsp3) is 0.571. The van der Waals surface area contributed by atoms with Crippen LogP contribution in [-0.4, -0.2) is 31.2 Å². The van der Waals surface area contributed by atoms with E-state index in [1.54, 1.807) is 19.4 Å². The van der Waals surface area contributed by atoms with Gasteiger partial charge >= 0.3 is 5.97 Å². The number of methoxy groups -OCH3 is 1. The van der Waals surface area contributed by atoms with Crippen molar-refractivity contribution in [2.75, 3.05) is 20.3 Å². The number of hydrogen-bond donors (Lipinski definition) is 1. The van der Waals surface area contributed by atoms with Gasteiger partial charge in [-0.25, -0.2) is 9.78 Å². The van der Waals surface area contributed by atoms with Crippen molar-refractivity contribution in [3.63, 3.8) is 0 Å². The Morgan fingerprint density at radius 2 is 2.32 bits per heavy atom. The average molecular weight is 264 g/mol. The van der Waals surface area contributed by atoms with Gasteiger partial charge in [0.25, 0.3) is 0 Å². The van der Waals surface area contributed by atoms with E-state index in [0.29, 0.717) is 18.4 Å². The molecule has 0 aliphatic heterocycles. The second-order valence-corrected chi connectivity index (χ2v) is 4.67. The van der Waals surface area contributed by atoms with Gasteiger partial charge in [-0.2, -0.15) is 0 Å². The second kappa shape index (κ2) is 6.52. The summed E-state index contributed by atoms with van der Waals surface area (Å²) in [6.45, 7) is 3.03. The van der Waals surface area contributed by atoms with Gasteiger partial charge in [0, 0.05) is 12.3 Å². The average Bonchev–Trinajstić information content (AvgIpc) is 3.24. The van der Waals surface area contributed by atoms with Crippen LogP contribution in [-0.2, 0) is 9.53 Å². The van der Waals surface area contributed by atoms with Crippen molar-refractivity contribution in [3.05, 3.63) is 23.9 Å². The molecule has 5 heteroatoms. The van der Waals surface area contributed by atoms with Gasteiger partial charge in [0.1, 0.15) is 6.04 Å². The van der Waals surface area contributed by atoms with E-state index in [4.69, 9.17) is 9.47 Å². The minimum atomic E-state index is -0.445. The zero-order valence-corrected chi connectivity index (χ0v) is 11.4. The Balaban J connectivity index is 2.06. The van der Waals surface area contributed by atoms with Gasteiger partial charge in [-0.3, -0.25) is 0 Å². The minimum Gasteiger partial charge on any atom is -0.481 e. The van der Waals surface area contributed by atoms with Gasteiger partial charge in [-0.1, -0.05) is 0 Å². The lowest BCUT2D eigenvalue weighted by Gasteiger charge is -2.17. The molecule has 104 valence electrons. The van der Waals surface area contributed by atoms with E-state index in [0.717, 1.165) is 12.1 Å². The van der Waals surface area contributed by atoms with Crippen LogP contribution >= 0.6 is 0 Å². The molecule has 1 heterocycles. The lowest BCUT2D eigenvalue weighted by atomic mass is 10.1. The molecule has 0 aromatic carbocycles. The molecule has 1 atom stereocenters. The summed E-state index contributed by atoms with van der Waals surface area (Å²) in [6.07, 6.45) is 4.13. The maximum Gasteiger partial charge on any atom is 0.327 e. The largest absolute Gasteiger partial charge is 0.481 e. The number of esters is 1. The van der Waals surface area contributed by atoms with Crippen molar-refractivity contribution in [1.82, 2.24) is 10.3 Å². The van der Waals surface area contributed by atoms with Crippen molar-refractivity contribution < 1.29 is 14.3 Å². The molecule has 1 aliphatic rings. The van der Waals surface area contributed by atoms with Crippen LogP contribution in [0.3, 0.4) is 0 Å². The van der Waals surface area contributed by atoms with Crippen molar-refractivity contribution in [3.8, 4) is 5.88 Å². The van der Waals surface area contributed by atoms with E-state index < -0.39 is 6.04 Å². The number of rotatable bonds is 7. The van der Waals surface area contributed by atoms with Crippen molar-refractivity contribution in [2.24, 2.45) is 5.92 Å². The van der Waals surface area contributed by atoms with E-state index in [1.807, 2.05) is 13.0 Å². The highest BCUT2D eigenvalue weighted by molar-refractivity contribution is 5.77. The Morgan fingerprint density at radius 1 is 1.53 bits per heavy atom. The highest BCUT2D eigenvalue weighted by atomic mass is 16.5. The maximum absolute atomic E-state index is 12.0. The lowest BCUT2D eigenvalue weighted by Crippen LogP contribution is -2.31. The standard InChI is InChI=1S/C14H20N2O3/c1-3-19-14(17)13(16-8-10-4-5-10)11-6-7-12(18-2)15-9-11/h6-7,9-10,13,16H,3-5,8H2,1-2H3. The molecule has 0 spiro atoms. The van der Waals surface area contributed by atoms with E-state index in [1.165, 1.54) is 12.8 Å². The van der Waals surface area contributed by atoms with Crippen LogP contribution < -0.4 is 10.1 Å². The summed E-state index contributed by atoms with van der Waals surface area (Å²) in [4.78, 5) is 16.1. The number of pyridine rings is 1. The molecule has 5 nitrogen and oxygen atoms in total. The summed E-state index contributed by atoms with van der Waals surface area (Å²) < 4.78 is 10.1. The van der Waals surface area contributed by atoms with E-state index >= 15 is 0 Å².